The minimum atomic E-state index is 0.834. The zero-order chi connectivity index (χ0) is 12.2. The molecule has 0 amide bonds. The van der Waals surface area contributed by atoms with Crippen molar-refractivity contribution in [2.24, 2.45) is 0 Å². The van der Waals surface area contributed by atoms with Crippen LogP contribution in [0.25, 0.3) is 0 Å². The van der Waals surface area contributed by atoms with Crippen molar-refractivity contribution >= 4 is 0 Å². The molecule has 0 atom stereocenters. The number of nitrogens with zero attached hydrogens (tertiary/aromatic N) is 4. The van der Waals surface area contributed by atoms with Gasteiger partial charge in [0.15, 0.2) is 0 Å². The molecule has 0 saturated heterocycles. The SMILES string of the molecule is c1cncc(Cc2nnc3n2CCCCCC3)c1. The lowest BCUT2D eigenvalue weighted by Gasteiger charge is -2.13. The molecule has 2 aromatic rings. The molecule has 0 N–H and O–H groups in total. The average molecular weight is 242 g/mol. The molecule has 0 fully saturated rings. The molecule has 4 nitrogen and oxygen atoms in total. The normalized spacial score (nSPS) is 15.8. The van der Waals surface area contributed by atoms with Crippen LogP contribution in [0.15, 0.2) is 24.5 Å². The van der Waals surface area contributed by atoms with Gasteiger partial charge in [-0.1, -0.05) is 18.9 Å². The van der Waals surface area contributed by atoms with Gasteiger partial charge in [-0.05, 0) is 24.5 Å². The molecule has 0 aliphatic carbocycles. The molecular weight excluding hydrogens is 224 g/mol. The van der Waals surface area contributed by atoms with Gasteiger partial charge in [0.1, 0.15) is 11.6 Å². The highest BCUT2D eigenvalue weighted by atomic mass is 15.3. The third kappa shape index (κ3) is 2.42. The van der Waals surface area contributed by atoms with Crippen molar-refractivity contribution in [1.82, 2.24) is 19.7 Å². The van der Waals surface area contributed by atoms with E-state index in [0.717, 1.165) is 31.0 Å². The van der Waals surface area contributed by atoms with Gasteiger partial charge < -0.3 is 4.57 Å². The zero-order valence-corrected chi connectivity index (χ0v) is 10.5. The third-order valence-corrected chi connectivity index (χ3v) is 3.52. The lowest BCUT2D eigenvalue weighted by molar-refractivity contribution is 0.507. The first kappa shape index (κ1) is 11.4. The Kier molecular flexibility index (Phi) is 3.35. The van der Waals surface area contributed by atoms with E-state index in [1.165, 1.54) is 31.2 Å². The van der Waals surface area contributed by atoms with Gasteiger partial charge >= 0.3 is 0 Å². The zero-order valence-electron chi connectivity index (χ0n) is 10.5. The molecule has 0 aromatic carbocycles. The molecule has 0 radical (unpaired) electrons. The van der Waals surface area contributed by atoms with Crippen LogP contribution >= 0.6 is 0 Å². The summed E-state index contributed by atoms with van der Waals surface area (Å²) in [5.41, 5.74) is 1.20. The van der Waals surface area contributed by atoms with Crippen LogP contribution in [0.4, 0.5) is 0 Å². The van der Waals surface area contributed by atoms with Crippen molar-refractivity contribution in [1.29, 1.82) is 0 Å². The Labute approximate surface area is 107 Å². The number of hydrogen-bond acceptors (Lipinski definition) is 3. The summed E-state index contributed by atoms with van der Waals surface area (Å²) >= 11 is 0. The van der Waals surface area contributed by atoms with Crippen LogP contribution in [0.5, 0.6) is 0 Å². The molecule has 0 spiro atoms. The molecule has 0 unspecified atom stereocenters. The highest BCUT2D eigenvalue weighted by molar-refractivity contribution is 5.15. The van der Waals surface area contributed by atoms with Crippen molar-refractivity contribution in [3.05, 3.63) is 41.7 Å². The van der Waals surface area contributed by atoms with Crippen LogP contribution in [-0.4, -0.2) is 19.7 Å². The second-order valence-corrected chi connectivity index (χ2v) is 4.89. The molecule has 2 aromatic heterocycles. The molecule has 3 rings (SSSR count). The molecule has 0 bridgehead atoms. The number of fused-ring (bicyclic) bond motifs is 1. The smallest absolute Gasteiger partial charge is 0.137 e. The van der Waals surface area contributed by atoms with Gasteiger partial charge in [-0.15, -0.1) is 10.2 Å². The van der Waals surface area contributed by atoms with Crippen LogP contribution < -0.4 is 0 Å². The lowest BCUT2D eigenvalue weighted by atomic mass is 10.1. The van der Waals surface area contributed by atoms with Crippen molar-refractivity contribution in [2.45, 2.75) is 45.1 Å². The molecule has 94 valence electrons. The number of hydrogen-bond donors (Lipinski definition) is 0. The lowest BCUT2D eigenvalue weighted by Crippen LogP contribution is -2.11. The maximum atomic E-state index is 4.36. The largest absolute Gasteiger partial charge is 0.315 e. The number of aromatic nitrogens is 4. The van der Waals surface area contributed by atoms with Gasteiger partial charge in [-0.3, -0.25) is 4.98 Å². The van der Waals surface area contributed by atoms with E-state index in [4.69, 9.17) is 0 Å². The van der Waals surface area contributed by atoms with Crippen LogP contribution in [0.2, 0.25) is 0 Å². The van der Waals surface area contributed by atoms with Gasteiger partial charge in [0, 0.05) is 31.8 Å². The predicted molar refractivity (Wildman–Crippen MR) is 69.2 cm³/mol. The summed E-state index contributed by atoms with van der Waals surface area (Å²) in [6.07, 6.45) is 10.7. The third-order valence-electron chi connectivity index (χ3n) is 3.52. The number of pyridine rings is 1. The second-order valence-electron chi connectivity index (χ2n) is 4.89. The van der Waals surface area contributed by atoms with Crippen LogP contribution in [0.1, 0.15) is 42.9 Å². The summed E-state index contributed by atoms with van der Waals surface area (Å²) in [6, 6.07) is 4.07. The first-order valence-electron chi connectivity index (χ1n) is 6.73. The Balaban J connectivity index is 1.84. The second kappa shape index (κ2) is 5.29. The van der Waals surface area contributed by atoms with Gasteiger partial charge in [-0.2, -0.15) is 0 Å². The van der Waals surface area contributed by atoms with Gasteiger partial charge in [0.05, 0.1) is 0 Å². The van der Waals surface area contributed by atoms with E-state index in [1.807, 2.05) is 12.3 Å². The van der Waals surface area contributed by atoms with Crippen LogP contribution in [0, 0.1) is 0 Å². The van der Waals surface area contributed by atoms with E-state index in [2.05, 4.69) is 25.8 Å². The minimum Gasteiger partial charge on any atom is -0.315 e. The molecule has 1 aliphatic heterocycles. The van der Waals surface area contributed by atoms with Gasteiger partial charge in [0.25, 0.3) is 0 Å². The van der Waals surface area contributed by atoms with E-state index in [9.17, 15) is 0 Å². The summed E-state index contributed by atoms with van der Waals surface area (Å²) in [5.74, 6) is 2.24. The Morgan fingerprint density at radius 2 is 2.06 bits per heavy atom. The first-order valence-corrected chi connectivity index (χ1v) is 6.73. The molecule has 3 heterocycles. The predicted octanol–water partition coefficient (Wildman–Crippen LogP) is 2.38. The van der Waals surface area contributed by atoms with E-state index in [0.29, 0.717) is 0 Å². The van der Waals surface area contributed by atoms with Crippen LogP contribution in [-0.2, 0) is 19.4 Å². The maximum absolute atomic E-state index is 4.36. The first-order chi connectivity index (χ1) is 8.93. The summed E-state index contributed by atoms with van der Waals surface area (Å²) in [5, 5.41) is 8.71. The Hall–Kier alpha value is -1.71. The fraction of sp³-hybridized carbons (Fsp3) is 0.500. The molecule has 4 heteroatoms. The van der Waals surface area contributed by atoms with Gasteiger partial charge in [-0.25, -0.2) is 0 Å². The van der Waals surface area contributed by atoms with Gasteiger partial charge in [0.2, 0.25) is 0 Å². The van der Waals surface area contributed by atoms with E-state index >= 15 is 0 Å². The highest BCUT2D eigenvalue weighted by Gasteiger charge is 2.13. The summed E-state index contributed by atoms with van der Waals surface area (Å²) < 4.78 is 2.31. The number of aryl methyl sites for hydroxylation is 1. The Morgan fingerprint density at radius 3 is 2.94 bits per heavy atom. The maximum Gasteiger partial charge on any atom is 0.137 e. The number of rotatable bonds is 2. The van der Waals surface area contributed by atoms with Crippen molar-refractivity contribution in [3.8, 4) is 0 Å². The van der Waals surface area contributed by atoms with E-state index in [-0.39, 0.29) is 0 Å². The van der Waals surface area contributed by atoms with Crippen molar-refractivity contribution < 1.29 is 0 Å². The van der Waals surface area contributed by atoms with E-state index < -0.39 is 0 Å². The minimum absolute atomic E-state index is 0.834. The summed E-state index contributed by atoms with van der Waals surface area (Å²) in [6.45, 7) is 1.07. The summed E-state index contributed by atoms with van der Waals surface area (Å²) in [4.78, 5) is 4.15. The topological polar surface area (TPSA) is 43.6 Å². The standard InChI is InChI=1S/C14H18N4/c1-2-4-9-18-13(7-3-1)16-17-14(18)10-12-6-5-8-15-11-12/h5-6,8,11H,1-4,7,9-10H2. The average Bonchev–Trinajstić information content (AvgIpc) is 2.72. The van der Waals surface area contributed by atoms with E-state index in [1.54, 1.807) is 6.20 Å². The Bertz CT molecular complexity index is 504. The fourth-order valence-electron chi connectivity index (χ4n) is 2.54. The quantitative estimate of drug-likeness (QED) is 0.812. The fourth-order valence-corrected chi connectivity index (χ4v) is 2.54. The molecule has 18 heavy (non-hydrogen) atoms. The molecule has 1 aliphatic rings. The molecule has 0 saturated carbocycles. The molecular formula is C14H18N4. The van der Waals surface area contributed by atoms with Crippen molar-refractivity contribution in [2.75, 3.05) is 0 Å². The highest BCUT2D eigenvalue weighted by Crippen LogP contribution is 2.16. The van der Waals surface area contributed by atoms with Crippen LogP contribution in [0.3, 0.4) is 0 Å². The Morgan fingerprint density at radius 1 is 1.11 bits per heavy atom. The van der Waals surface area contributed by atoms with Crippen molar-refractivity contribution in [3.63, 3.8) is 0 Å². The monoisotopic (exact) mass is 242 g/mol. The summed E-state index contributed by atoms with van der Waals surface area (Å²) in [7, 11) is 0.